The second-order valence-corrected chi connectivity index (χ2v) is 8.95. The van der Waals surface area contributed by atoms with Crippen molar-refractivity contribution < 1.29 is 21.9 Å². The smallest absolute Gasteiger partial charge is 0.265 e. The highest BCUT2D eigenvalue weighted by Crippen LogP contribution is 2.21. The zero-order valence-corrected chi connectivity index (χ0v) is 18.2. The average molecular weight is 473 g/mol. The van der Waals surface area contributed by atoms with Gasteiger partial charge in [0.1, 0.15) is 12.3 Å². The Bertz CT molecular complexity index is 1360. The van der Waals surface area contributed by atoms with E-state index in [9.17, 15) is 17.2 Å². The molecule has 4 aromatic heterocycles. The van der Waals surface area contributed by atoms with Gasteiger partial charge in [0.2, 0.25) is 5.88 Å². The molecule has 0 atom stereocenters. The largest absolute Gasteiger partial charge is 0.470 e. The lowest BCUT2D eigenvalue weighted by Gasteiger charge is -2.09. The van der Waals surface area contributed by atoms with E-state index < -0.39 is 16.3 Å². The second-order valence-electron chi connectivity index (χ2n) is 6.99. The van der Waals surface area contributed by atoms with Gasteiger partial charge in [-0.3, -0.25) is 0 Å². The number of alkyl halides is 2. The first-order valence-electron chi connectivity index (χ1n) is 9.51. The van der Waals surface area contributed by atoms with E-state index in [1.54, 1.807) is 25.1 Å². The first-order valence-corrected chi connectivity index (χ1v) is 11.4. The standard InChI is InChI=1S/C20H17F2N7O3S/c1-12-16(29(28-25-12)17-6-3-14(10-23-17)20(21)22)11-32-18-7-5-15(26-27-18)13-4-8-19(24-9-13)33(2,30)31/h3-10,20H,11H2,1-2H3. The first-order chi connectivity index (χ1) is 15.7. The molecule has 0 N–H and O–H groups in total. The highest BCUT2D eigenvalue weighted by Gasteiger charge is 2.15. The molecule has 0 spiro atoms. The summed E-state index contributed by atoms with van der Waals surface area (Å²) in [4.78, 5) is 7.95. The van der Waals surface area contributed by atoms with Crippen LogP contribution in [0.5, 0.6) is 5.88 Å². The molecule has 4 rings (SSSR count). The minimum absolute atomic E-state index is 0.0295. The van der Waals surface area contributed by atoms with E-state index in [0.29, 0.717) is 28.5 Å². The van der Waals surface area contributed by atoms with E-state index in [2.05, 4.69) is 30.5 Å². The maximum absolute atomic E-state index is 12.8. The van der Waals surface area contributed by atoms with Crippen LogP contribution in [0.25, 0.3) is 17.1 Å². The van der Waals surface area contributed by atoms with Crippen molar-refractivity contribution in [3.05, 3.63) is 65.7 Å². The summed E-state index contributed by atoms with van der Waals surface area (Å²) in [5.74, 6) is 0.553. The Hall–Kier alpha value is -3.87. The van der Waals surface area contributed by atoms with Crippen molar-refractivity contribution >= 4 is 9.84 Å². The summed E-state index contributed by atoms with van der Waals surface area (Å²) in [6.45, 7) is 1.77. The van der Waals surface area contributed by atoms with Gasteiger partial charge >= 0.3 is 0 Å². The van der Waals surface area contributed by atoms with E-state index in [0.717, 1.165) is 12.5 Å². The van der Waals surface area contributed by atoms with Crippen molar-refractivity contribution in [3.8, 4) is 23.0 Å². The molecule has 0 saturated heterocycles. The van der Waals surface area contributed by atoms with E-state index in [1.165, 1.54) is 29.1 Å². The van der Waals surface area contributed by atoms with Crippen molar-refractivity contribution in [1.29, 1.82) is 0 Å². The van der Waals surface area contributed by atoms with Crippen LogP contribution in [0.3, 0.4) is 0 Å². The van der Waals surface area contributed by atoms with Gasteiger partial charge in [0, 0.05) is 35.8 Å². The lowest BCUT2D eigenvalue weighted by Crippen LogP contribution is -2.09. The fourth-order valence-corrected chi connectivity index (χ4v) is 3.38. The summed E-state index contributed by atoms with van der Waals surface area (Å²) >= 11 is 0. The van der Waals surface area contributed by atoms with Crippen molar-refractivity contribution in [1.82, 2.24) is 35.2 Å². The molecule has 0 saturated carbocycles. The van der Waals surface area contributed by atoms with Gasteiger partial charge in [-0.2, -0.15) is 4.68 Å². The minimum atomic E-state index is -3.39. The molecule has 170 valence electrons. The van der Waals surface area contributed by atoms with Gasteiger partial charge in [0.05, 0.1) is 11.4 Å². The summed E-state index contributed by atoms with van der Waals surface area (Å²) in [5, 5.41) is 16.1. The third-order valence-electron chi connectivity index (χ3n) is 4.61. The molecular weight excluding hydrogens is 456 g/mol. The van der Waals surface area contributed by atoms with Gasteiger partial charge in [-0.25, -0.2) is 27.2 Å². The predicted octanol–water partition coefficient (Wildman–Crippen LogP) is 2.74. The number of aromatic nitrogens is 7. The second kappa shape index (κ2) is 8.94. The van der Waals surface area contributed by atoms with Crippen LogP contribution in [-0.2, 0) is 16.4 Å². The van der Waals surface area contributed by atoms with E-state index >= 15 is 0 Å². The quantitative estimate of drug-likeness (QED) is 0.398. The maximum atomic E-state index is 12.8. The number of ether oxygens (including phenoxy) is 1. The van der Waals surface area contributed by atoms with E-state index in [4.69, 9.17) is 4.74 Å². The molecule has 0 radical (unpaired) electrons. The lowest BCUT2D eigenvalue weighted by molar-refractivity contribution is 0.151. The Morgan fingerprint density at radius 3 is 2.39 bits per heavy atom. The zero-order valence-electron chi connectivity index (χ0n) is 17.4. The lowest BCUT2D eigenvalue weighted by atomic mass is 10.2. The normalized spacial score (nSPS) is 11.7. The molecule has 0 bridgehead atoms. The fraction of sp³-hybridized carbons (Fsp3) is 0.200. The summed E-state index contributed by atoms with van der Waals surface area (Å²) < 4.78 is 55.7. The van der Waals surface area contributed by atoms with Crippen LogP contribution in [0, 0.1) is 6.92 Å². The molecule has 4 heterocycles. The molecule has 0 unspecified atom stereocenters. The summed E-state index contributed by atoms with van der Waals surface area (Å²) in [5.41, 5.74) is 2.04. The Balaban J connectivity index is 1.47. The van der Waals surface area contributed by atoms with Crippen LogP contribution in [0.2, 0.25) is 0 Å². The van der Waals surface area contributed by atoms with Crippen LogP contribution >= 0.6 is 0 Å². The first kappa shape index (κ1) is 22.3. The topological polar surface area (TPSA) is 126 Å². The van der Waals surface area contributed by atoms with E-state index in [1.807, 2.05) is 0 Å². The highest BCUT2D eigenvalue weighted by atomic mass is 32.2. The molecule has 0 aliphatic rings. The molecule has 33 heavy (non-hydrogen) atoms. The zero-order chi connectivity index (χ0) is 23.6. The molecule has 0 amide bonds. The summed E-state index contributed by atoms with van der Waals surface area (Å²) in [6, 6.07) is 8.95. The molecule has 0 aromatic carbocycles. The van der Waals surface area contributed by atoms with Gasteiger partial charge < -0.3 is 4.74 Å². The maximum Gasteiger partial charge on any atom is 0.265 e. The average Bonchev–Trinajstić information content (AvgIpc) is 3.18. The molecule has 0 aliphatic heterocycles. The SMILES string of the molecule is Cc1nnn(-c2ccc(C(F)F)cn2)c1COc1ccc(-c2ccc(S(C)(=O)=O)nc2)nn1. The van der Waals surface area contributed by atoms with Crippen LogP contribution < -0.4 is 4.74 Å². The van der Waals surface area contributed by atoms with Crippen molar-refractivity contribution in [3.63, 3.8) is 0 Å². The number of hydrogen-bond donors (Lipinski definition) is 0. The Labute approximate surface area is 187 Å². The van der Waals surface area contributed by atoms with Crippen LogP contribution in [0.4, 0.5) is 8.78 Å². The summed E-state index contributed by atoms with van der Waals surface area (Å²) in [6.07, 6.45) is 0.963. The van der Waals surface area contributed by atoms with Gasteiger partial charge in [0.25, 0.3) is 6.43 Å². The monoisotopic (exact) mass is 473 g/mol. The third kappa shape index (κ3) is 4.98. The van der Waals surface area contributed by atoms with Gasteiger partial charge in [0.15, 0.2) is 20.7 Å². The van der Waals surface area contributed by atoms with Crippen molar-refractivity contribution in [2.24, 2.45) is 0 Å². The molecule has 13 heteroatoms. The Morgan fingerprint density at radius 2 is 1.82 bits per heavy atom. The van der Waals surface area contributed by atoms with Crippen LogP contribution in [0.1, 0.15) is 23.4 Å². The van der Waals surface area contributed by atoms with Crippen molar-refractivity contribution in [2.45, 2.75) is 25.0 Å². The predicted molar refractivity (Wildman–Crippen MR) is 112 cm³/mol. The number of rotatable bonds is 7. The van der Waals surface area contributed by atoms with Crippen LogP contribution in [-0.4, -0.2) is 49.8 Å². The molecule has 0 aliphatic carbocycles. The number of halogens is 2. The molecule has 10 nitrogen and oxygen atoms in total. The van der Waals surface area contributed by atoms with Crippen molar-refractivity contribution in [2.75, 3.05) is 6.26 Å². The van der Waals surface area contributed by atoms with E-state index in [-0.39, 0.29) is 23.1 Å². The number of nitrogens with zero attached hydrogens (tertiary/aromatic N) is 7. The van der Waals surface area contributed by atoms with Crippen LogP contribution in [0.15, 0.2) is 53.8 Å². The Morgan fingerprint density at radius 1 is 1.00 bits per heavy atom. The number of pyridine rings is 2. The summed E-state index contributed by atoms with van der Waals surface area (Å²) in [7, 11) is -3.39. The Kier molecular flexibility index (Phi) is 6.05. The van der Waals surface area contributed by atoms with Gasteiger partial charge in [-0.1, -0.05) is 5.21 Å². The highest BCUT2D eigenvalue weighted by molar-refractivity contribution is 7.90. The molecule has 0 fully saturated rings. The third-order valence-corrected chi connectivity index (χ3v) is 5.61. The fourth-order valence-electron chi connectivity index (χ4n) is 2.82. The number of hydrogen-bond acceptors (Lipinski definition) is 9. The molecule has 4 aromatic rings. The minimum Gasteiger partial charge on any atom is -0.470 e. The number of aryl methyl sites for hydroxylation is 1. The van der Waals surface area contributed by atoms with Gasteiger partial charge in [-0.15, -0.1) is 15.3 Å². The molecular formula is C20H17F2N7O3S. The number of sulfone groups is 1. The van der Waals surface area contributed by atoms with Gasteiger partial charge in [-0.05, 0) is 37.3 Å².